The summed E-state index contributed by atoms with van der Waals surface area (Å²) in [5, 5.41) is 2.84. The van der Waals surface area contributed by atoms with Crippen molar-refractivity contribution in [2.24, 2.45) is 0 Å². The van der Waals surface area contributed by atoms with E-state index in [2.05, 4.69) is 5.32 Å². The number of anilines is 1. The summed E-state index contributed by atoms with van der Waals surface area (Å²) in [5.41, 5.74) is 1.88. The third-order valence-corrected chi connectivity index (χ3v) is 3.12. The molecule has 1 atom stereocenters. The lowest BCUT2D eigenvalue weighted by Gasteiger charge is -2.08. The third kappa shape index (κ3) is 1.84. The smallest absolute Gasteiger partial charge is 0.231 e. The van der Waals surface area contributed by atoms with Gasteiger partial charge in [0.1, 0.15) is 11.5 Å². The first-order chi connectivity index (χ1) is 8.74. The standard InChI is InChI=1S/C15H13NO2/c1-10-13-9-12(7-8-14(13)16-15(10)17)18-11-5-3-2-4-6-11/h2-10H,1H3,(H,16,17)/t10-/m0/s1. The SMILES string of the molecule is C[C@@H]1C(=O)Nc2ccc(Oc3ccccc3)cc21. The van der Waals surface area contributed by atoms with Gasteiger partial charge in [0.2, 0.25) is 5.91 Å². The molecular weight excluding hydrogens is 226 g/mol. The lowest BCUT2D eigenvalue weighted by molar-refractivity contribution is -0.116. The van der Waals surface area contributed by atoms with E-state index in [1.165, 1.54) is 0 Å². The quantitative estimate of drug-likeness (QED) is 0.870. The molecule has 1 heterocycles. The number of rotatable bonds is 2. The largest absolute Gasteiger partial charge is 0.457 e. The van der Waals surface area contributed by atoms with Crippen molar-refractivity contribution in [3.8, 4) is 11.5 Å². The van der Waals surface area contributed by atoms with Crippen molar-refractivity contribution in [1.29, 1.82) is 0 Å². The van der Waals surface area contributed by atoms with Crippen molar-refractivity contribution < 1.29 is 9.53 Å². The van der Waals surface area contributed by atoms with Gasteiger partial charge in [-0.2, -0.15) is 0 Å². The molecule has 0 aromatic heterocycles. The molecule has 0 fully saturated rings. The van der Waals surface area contributed by atoms with Crippen LogP contribution in [0.4, 0.5) is 5.69 Å². The highest BCUT2D eigenvalue weighted by atomic mass is 16.5. The number of para-hydroxylation sites is 1. The van der Waals surface area contributed by atoms with E-state index < -0.39 is 0 Å². The van der Waals surface area contributed by atoms with Crippen molar-refractivity contribution in [2.75, 3.05) is 5.32 Å². The molecule has 0 unspecified atom stereocenters. The van der Waals surface area contributed by atoms with Crippen LogP contribution in [0.25, 0.3) is 0 Å². The zero-order valence-electron chi connectivity index (χ0n) is 10.0. The molecule has 90 valence electrons. The molecule has 0 saturated heterocycles. The Morgan fingerprint density at radius 1 is 1.06 bits per heavy atom. The number of hydrogen-bond donors (Lipinski definition) is 1. The fraction of sp³-hybridized carbons (Fsp3) is 0.133. The van der Waals surface area contributed by atoms with Crippen LogP contribution in [0.2, 0.25) is 0 Å². The highest BCUT2D eigenvalue weighted by Gasteiger charge is 2.26. The highest BCUT2D eigenvalue weighted by Crippen LogP contribution is 2.35. The van der Waals surface area contributed by atoms with Crippen LogP contribution in [-0.2, 0) is 4.79 Å². The van der Waals surface area contributed by atoms with E-state index in [9.17, 15) is 4.79 Å². The predicted molar refractivity (Wildman–Crippen MR) is 70.0 cm³/mol. The average molecular weight is 239 g/mol. The first-order valence-electron chi connectivity index (χ1n) is 5.92. The van der Waals surface area contributed by atoms with Crippen LogP contribution in [0.15, 0.2) is 48.5 Å². The topological polar surface area (TPSA) is 38.3 Å². The Labute approximate surface area is 105 Å². The van der Waals surface area contributed by atoms with Crippen molar-refractivity contribution >= 4 is 11.6 Å². The minimum Gasteiger partial charge on any atom is -0.457 e. The first-order valence-corrected chi connectivity index (χ1v) is 5.92. The van der Waals surface area contributed by atoms with E-state index in [1.54, 1.807) is 0 Å². The molecule has 3 nitrogen and oxygen atoms in total. The molecule has 0 bridgehead atoms. The van der Waals surface area contributed by atoms with Crippen molar-refractivity contribution in [3.63, 3.8) is 0 Å². The Morgan fingerprint density at radius 2 is 1.83 bits per heavy atom. The number of hydrogen-bond acceptors (Lipinski definition) is 2. The van der Waals surface area contributed by atoms with E-state index >= 15 is 0 Å². The van der Waals surface area contributed by atoms with E-state index in [-0.39, 0.29) is 11.8 Å². The number of benzene rings is 2. The minimum absolute atomic E-state index is 0.0434. The Bertz CT molecular complexity index is 593. The monoisotopic (exact) mass is 239 g/mol. The number of amides is 1. The van der Waals surface area contributed by atoms with Crippen LogP contribution < -0.4 is 10.1 Å². The Morgan fingerprint density at radius 3 is 2.61 bits per heavy atom. The van der Waals surface area contributed by atoms with Crippen LogP contribution in [0.3, 0.4) is 0 Å². The molecular formula is C15H13NO2. The Kier molecular flexibility index (Phi) is 2.52. The second kappa shape index (κ2) is 4.18. The summed E-state index contributed by atoms with van der Waals surface area (Å²) in [4.78, 5) is 11.5. The van der Waals surface area contributed by atoms with Gasteiger partial charge in [0, 0.05) is 5.69 Å². The first kappa shape index (κ1) is 10.8. The number of ether oxygens (including phenoxy) is 1. The molecule has 3 heteroatoms. The van der Waals surface area contributed by atoms with Crippen molar-refractivity contribution in [1.82, 2.24) is 0 Å². The summed E-state index contributed by atoms with van der Waals surface area (Å²) in [6, 6.07) is 15.3. The van der Waals surface area contributed by atoms with Gasteiger partial charge >= 0.3 is 0 Å². The number of nitrogens with one attached hydrogen (secondary N) is 1. The molecule has 2 aromatic rings. The molecule has 1 amide bonds. The molecule has 18 heavy (non-hydrogen) atoms. The maximum atomic E-state index is 11.5. The zero-order valence-corrected chi connectivity index (χ0v) is 10.0. The van der Waals surface area contributed by atoms with Crippen LogP contribution >= 0.6 is 0 Å². The Hall–Kier alpha value is -2.29. The maximum absolute atomic E-state index is 11.5. The summed E-state index contributed by atoms with van der Waals surface area (Å²) in [5.74, 6) is 1.48. The fourth-order valence-electron chi connectivity index (χ4n) is 2.08. The highest BCUT2D eigenvalue weighted by molar-refractivity contribution is 6.02. The van der Waals surface area contributed by atoms with Crippen LogP contribution in [0.5, 0.6) is 11.5 Å². The normalized spacial score (nSPS) is 17.2. The van der Waals surface area contributed by atoms with Gasteiger partial charge in [0.25, 0.3) is 0 Å². The fourth-order valence-corrected chi connectivity index (χ4v) is 2.08. The second-order valence-electron chi connectivity index (χ2n) is 4.38. The van der Waals surface area contributed by atoms with E-state index in [1.807, 2.05) is 55.5 Å². The van der Waals surface area contributed by atoms with Gasteiger partial charge in [-0.15, -0.1) is 0 Å². The lowest BCUT2D eigenvalue weighted by atomic mass is 10.0. The van der Waals surface area contributed by atoms with Gasteiger partial charge in [-0.05, 0) is 42.8 Å². The zero-order chi connectivity index (χ0) is 12.5. The van der Waals surface area contributed by atoms with Gasteiger partial charge in [0.05, 0.1) is 5.92 Å². The van der Waals surface area contributed by atoms with Crippen LogP contribution in [-0.4, -0.2) is 5.91 Å². The van der Waals surface area contributed by atoms with Gasteiger partial charge in [-0.3, -0.25) is 4.79 Å². The summed E-state index contributed by atoms with van der Waals surface area (Å²) < 4.78 is 5.75. The lowest BCUT2D eigenvalue weighted by Crippen LogP contribution is -2.08. The summed E-state index contributed by atoms with van der Waals surface area (Å²) in [7, 11) is 0. The Balaban J connectivity index is 1.90. The molecule has 0 spiro atoms. The number of fused-ring (bicyclic) bond motifs is 1. The molecule has 1 aliphatic rings. The maximum Gasteiger partial charge on any atom is 0.231 e. The van der Waals surface area contributed by atoms with Gasteiger partial charge in [-0.1, -0.05) is 18.2 Å². The van der Waals surface area contributed by atoms with Crippen molar-refractivity contribution in [2.45, 2.75) is 12.8 Å². The minimum atomic E-state index is -0.112. The van der Waals surface area contributed by atoms with Crippen LogP contribution in [0, 0.1) is 0 Å². The van der Waals surface area contributed by atoms with Crippen molar-refractivity contribution in [3.05, 3.63) is 54.1 Å². The summed E-state index contributed by atoms with van der Waals surface area (Å²) in [6.45, 7) is 1.90. The molecule has 1 N–H and O–H groups in total. The predicted octanol–water partition coefficient (Wildman–Crippen LogP) is 3.53. The van der Waals surface area contributed by atoms with E-state index in [0.717, 1.165) is 22.7 Å². The number of carbonyl (C=O) groups is 1. The molecule has 0 radical (unpaired) electrons. The van der Waals surface area contributed by atoms with E-state index in [0.29, 0.717) is 0 Å². The van der Waals surface area contributed by atoms with Gasteiger partial charge in [-0.25, -0.2) is 0 Å². The summed E-state index contributed by atoms with van der Waals surface area (Å²) >= 11 is 0. The van der Waals surface area contributed by atoms with Gasteiger partial charge in [0.15, 0.2) is 0 Å². The molecule has 1 aliphatic heterocycles. The van der Waals surface area contributed by atoms with Gasteiger partial charge < -0.3 is 10.1 Å². The average Bonchev–Trinajstić information content (AvgIpc) is 2.67. The van der Waals surface area contributed by atoms with E-state index in [4.69, 9.17) is 4.74 Å². The molecule has 3 rings (SSSR count). The molecule has 2 aromatic carbocycles. The molecule has 0 aliphatic carbocycles. The third-order valence-electron chi connectivity index (χ3n) is 3.12. The summed E-state index contributed by atoms with van der Waals surface area (Å²) in [6.07, 6.45) is 0. The van der Waals surface area contributed by atoms with Crippen LogP contribution in [0.1, 0.15) is 18.4 Å². The second-order valence-corrected chi connectivity index (χ2v) is 4.38. The molecule has 0 saturated carbocycles. The number of carbonyl (C=O) groups excluding carboxylic acids is 1.